The number of hydrogen-bond donors (Lipinski definition) is 0. The van der Waals surface area contributed by atoms with E-state index in [2.05, 4.69) is 0 Å². The maximum atomic E-state index is 14.1. The van der Waals surface area contributed by atoms with Crippen molar-refractivity contribution in [3.63, 3.8) is 0 Å². The molecule has 0 aliphatic heterocycles. The maximum absolute atomic E-state index is 14.1. The first-order valence-corrected chi connectivity index (χ1v) is 8.16. The largest absolute Gasteiger partial charge is 0.493 e. The first-order chi connectivity index (χ1) is 12.0. The summed E-state index contributed by atoms with van der Waals surface area (Å²) in [7, 11) is 1.34. The highest BCUT2D eigenvalue weighted by molar-refractivity contribution is 5.73. The predicted molar refractivity (Wildman–Crippen MR) is 93.5 cm³/mol. The summed E-state index contributed by atoms with van der Waals surface area (Å²) in [5.74, 6) is 0.0327. The van der Waals surface area contributed by atoms with Crippen molar-refractivity contribution >= 4 is 5.97 Å². The Balaban J connectivity index is 2.30. The number of aryl methyl sites for hydroxylation is 2. The molecule has 4 nitrogen and oxygen atoms in total. The van der Waals surface area contributed by atoms with E-state index in [4.69, 9.17) is 14.2 Å². The van der Waals surface area contributed by atoms with Crippen LogP contribution in [0.4, 0.5) is 4.39 Å². The fourth-order valence-corrected chi connectivity index (χ4v) is 2.47. The Bertz CT molecular complexity index is 756. The first-order valence-electron chi connectivity index (χ1n) is 8.16. The van der Waals surface area contributed by atoms with E-state index in [0.717, 1.165) is 16.7 Å². The number of benzene rings is 2. The Kier molecular flexibility index (Phi) is 6.39. The van der Waals surface area contributed by atoms with Crippen LogP contribution in [0.5, 0.6) is 11.5 Å². The van der Waals surface area contributed by atoms with Crippen molar-refractivity contribution in [3.05, 3.63) is 58.4 Å². The molecule has 0 radical (unpaired) electrons. The lowest BCUT2D eigenvalue weighted by atomic mass is 10.0. The van der Waals surface area contributed by atoms with Crippen molar-refractivity contribution in [2.24, 2.45) is 0 Å². The van der Waals surface area contributed by atoms with Crippen molar-refractivity contribution < 1.29 is 23.4 Å². The number of hydrogen-bond acceptors (Lipinski definition) is 4. The van der Waals surface area contributed by atoms with Gasteiger partial charge in [0.2, 0.25) is 0 Å². The Hall–Kier alpha value is -2.56. The molecule has 0 amide bonds. The van der Waals surface area contributed by atoms with Gasteiger partial charge in [0.15, 0.2) is 11.6 Å². The van der Waals surface area contributed by atoms with Gasteiger partial charge in [-0.3, -0.25) is 4.79 Å². The van der Waals surface area contributed by atoms with Crippen molar-refractivity contribution in [3.8, 4) is 11.5 Å². The fraction of sp³-hybridized carbons (Fsp3) is 0.350. The average molecular weight is 346 g/mol. The predicted octanol–water partition coefficient (Wildman–Crippen LogP) is 4.14. The summed E-state index contributed by atoms with van der Waals surface area (Å²) < 4.78 is 30.2. The van der Waals surface area contributed by atoms with Crippen LogP contribution in [0.25, 0.3) is 0 Å². The molecular weight excluding hydrogens is 323 g/mol. The molecule has 134 valence electrons. The van der Waals surface area contributed by atoms with Crippen LogP contribution in [0.2, 0.25) is 0 Å². The lowest BCUT2D eigenvalue weighted by Crippen LogP contribution is -2.10. The zero-order chi connectivity index (χ0) is 18.4. The molecule has 0 aliphatic carbocycles. The van der Waals surface area contributed by atoms with Gasteiger partial charge in [0, 0.05) is 5.56 Å². The Morgan fingerprint density at radius 3 is 2.48 bits per heavy atom. The molecule has 0 spiro atoms. The second kappa shape index (κ2) is 8.51. The van der Waals surface area contributed by atoms with E-state index in [0.29, 0.717) is 17.9 Å². The molecule has 0 unspecified atom stereocenters. The van der Waals surface area contributed by atoms with Gasteiger partial charge in [0.05, 0.1) is 20.1 Å². The molecule has 0 fully saturated rings. The summed E-state index contributed by atoms with van der Waals surface area (Å²) >= 11 is 0. The molecule has 0 atom stereocenters. The maximum Gasteiger partial charge on any atom is 0.309 e. The third-order valence-corrected chi connectivity index (χ3v) is 4.01. The number of carbonyl (C=O) groups is 1. The average Bonchev–Trinajstić information content (AvgIpc) is 2.58. The van der Waals surface area contributed by atoms with Gasteiger partial charge in [0.25, 0.3) is 0 Å². The second-order valence-electron chi connectivity index (χ2n) is 5.74. The molecular formula is C20H23FO4. The number of halogens is 1. The van der Waals surface area contributed by atoms with Crippen LogP contribution in [0, 0.1) is 19.7 Å². The number of carbonyl (C=O) groups excluding carboxylic acids is 1. The molecule has 0 saturated heterocycles. The van der Waals surface area contributed by atoms with E-state index in [-0.39, 0.29) is 24.7 Å². The van der Waals surface area contributed by atoms with Gasteiger partial charge in [-0.05, 0) is 55.7 Å². The Morgan fingerprint density at radius 2 is 1.80 bits per heavy atom. The lowest BCUT2D eigenvalue weighted by molar-refractivity contribution is -0.139. The smallest absolute Gasteiger partial charge is 0.309 e. The van der Waals surface area contributed by atoms with Gasteiger partial charge in [-0.15, -0.1) is 0 Å². The minimum Gasteiger partial charge on any atom is -0.493 e. The summed E-state index contributed by atoms with van der Waals surface area (Å²) in [6.07, 6.45) is 0.103. The molecule has 0 saturated carbocycles. The van der Waals surface area contributed by atoms with E-state index < -0.39 is 5.82 Å². The van der Waals surface area contributed by atoms with Crippen LogP contribution in [-0.4, -0.2) is 19.7 Å². The summed E-state index contributed by atoms with van der Waals surface area (Å²) in [6, 6.07) is 8.56. The number of rotatable bonds is 7. The van der Waals surface area contributed by atoms with Crippen molar-refractivity contribution in [2.45, 2.75) is 33.8 Å². The van der Waals surface area contributed by atoms with Crippen LogP contribution in [0.15, 0.2) is 30.3 Å². The molecule has 25 heavy (non-hydrogen) atoms. The summed E-state index contributed by atoms with van der Waals surface area (Å²) in [4.78, 5) is 11.6. The van der Waals surface area contributed by atoms with E-state index in [9.17, 15) is 9.18 Å². The molecule has 2 aromatic rings. The van der Waals surface area contributed by atoms with Gasteiger partial charge < -0.3 is 14.2 Å². The Labute approximate surface area is 147 Å². The van der Waals surface area contributed by atoms with Crippen LogP contribution in [0.1, 0.15) is 29.2 Å². The third-order valence-electron chi connectivity index (χ3n) is 4.01. The van der Waals surface area contributed by atoms with Crippen molar-refractivity contribution in [1.82, 2.24) is 0 Å². The van der Waals surface area contributed by atoms with Crippen molar-refractivity contribution in [1.29, 1.82) is 0 Å². The molecule has 0 aromatic heterocycles. The minimum atomic E-state index is -0.411. The highest BCUT2D eigenvalue weighted by Crippen LogP contribution is 2.27. The van der Waals surface area contributed by atoms with Crippen LogP contribution in [-0.2, 0) is 22.6 Å². The highest BCUT2D eigenvalue weighted by atomic mass is 19.1. The molecule has 0 aliphatic rings. The number of esters is 1. The van der Waals surface area contributed by atoms with Gasteiger partial charge in [0.1, 0.15) is 12.4 Å². The molecule has 2 aromatic carbocycles. The molecule has 0 heterocycles. The number of ether oxygens (including phenoxy) is 3. The van der Waals surface area contributed by atoms with Crippen LogP contribution < -0.4 is 9.47 Å². The highest BCUT2D eigenvalue weighted by Gasteiger charge is 2.15. The Morgan fingerprint density at radius 1 is 1.08 bits per heavy atom. The van der Waals surface area contributed by atoms with E-state index in [1.54, 1.807) is 12.1 Å². The zero-order valence-electron chi connectivity index (χ0n) is 15.0. The lowest BCUT2D eigenvalue weighted by Gasteiger charge is -2.16. The fourth-order valence-electron chi connectivity index (χ4n) is 2.47. The van der Waals surface area contributed by atoms with E-state index >= 15 is 0 Å². The second-order valence-corrected chi connectivity index (χ2v) is 5.74. The molecule has 0 N–H and O–H groups in total. The van der Waals surface area contributed by atoms with Crippen LogP contribution in [0.3, 0.4) is 0 Å². The van der Waals surface area contributed by atoms with Gasteiger partial charge in [-0.2, -0.15) is 0 Å². The molecule has 5 heteroatoms. The first kappa shape index (κ1) is 18.8. The summed E-state index contributed by atoms with van der Waals surface area (Å²) in [6.45, 7) is 6.20. The molecule has 0 bridgehead atoms. The SMILES string of the molecule is CCOc1cccc(CC(=O)OC)c1COc1cc(C)c(C)cc1F. The van der Waals surface area contributed by atoms with E-state index in [1.165, 1.54) is 13.2 Å². The van der Waals surface area contributed by atoms with Crippen molar-refractivity contribution in [2.75, 3.05) is 13.7 Å². The minimum absolute atomic E-state index is 0.0991. The monoisotopic (exact) mass is 346 g/mol. The number of methoxy groups -OCH3 is 1. The normalized spacial score (nSPS) is 10.4. The summed E-state index contributed by atoms with van der Waals surface area (Å²) in [5.41, 5.74) is 3.27. The third kappa shape index (κ3) is 4.72. The standard InChI is InChI=1S/C20H23FO4/c1-5-24-18-8-6-7-15(11-20(22)23-4)16(18)12-25-19-10-14(3)13(2)9-17(19)21/h6-10H,5,11-12H2,1-4H3. The quantitative estimate of drug-likeness (QED) is 0.707. The van der Waals surface area contributed by atoms with Gasteiger partial charge in [-0.1, -0.05) is 12.1 Å². The molecule has 2 rings (SSSR count). The zero-order valence-corrected chi connectivity index (χ0v) is 15.0. The van der Waals surface area contributed by atoms with Crippen LogP contribution >= 0.6 is 0 Å². The van der Waals surface area contributed by atoms with Gasteiger partial charge in [-0.25, -0.2) is 4.39 Å². The van der Waals surface area contributed by atoms with E-state index in [1.807, 2.05) is 32.9 Å². The topological polar surface area (TPSA) is 44.8 Å². The van der Waals surface area contributed by atoms with Gasteiger partial charge >= 0.3 is 5.97 Å². The summed E-state index contributed by atoms with van der Waals surface area (Å²) in [5, 5.41) is 0.